The first-order chi connectivity index (χ1) is 8.70. The summed E-state index contributed by atoms with van der Waals surface area (Å²) in [5.74, 6) is -0.162. The van der Waals surface area contributed by atoms with E-state index in [1.54, 1.807) is 23.5 Å². The van der Waals surface area contributed by atoms with Gasteiger partial charge in [-0.15, -0.1) is 0 Å². The van der Waals surface area contributed by atoms with Gasteiger partial charge in [-0.3, -0.25) is 0 Å². The van der Waals surface area contributed by atoms with Crippen LogP contribution in [-0.2, 0) is 6.42 Å². The van der Waals surface area contributed by atoms with Gasteiger partial charge in [0, 0.05) is 6.04 Å². The van der Waals surface area contributed by atoms with E-state index in [0.29, 0.717) is 0 Å². The second-order valence-corrected chi connectivity index (χ2v) is 5.20. The summed E-state index contributed by atoms with van der Waals surface area (Å²) in [4.78, 5) is 0. The smallest absolute Gasteiger partial charge is 0.123 e. The second kappa shape index (κ2) is 6.12. The standard InChI is InChI=1S/C15H18FNS/c1-3-17-15(14-10-18-9-11(14)2)8-12-5-4-6-13(16)7-12/h4-7,9-10,15,17H,3,8H2,1-2H3. The SMILES string of the molecule is CCNC(Cc1cccc(F)c1)c1cscc1C. The van der Waals surface area contributed by atoms with E-state index in [9.17, 15) is 4.39 Å². The third-order valence-electron chi connectivity index (χ3n) is 3.05. The van der Waals surface area contributed by atoms with Gasteiger partial charge in [-0.2, -0.15) is 11.3 Å². The molecule has 1 nitrogen and oxygen atoms in total. The molecule has 0 aliphatic carbocycles. The zero-order valence-electron chi connectivity index (χ0n) is 10.7. The number of thiophene rings is 1. The molecule has 1 N–H and O–H groups in total. The van der Waals surface area contributed by atoms with Crippen molar-refractivity contribution in [3.63, 3.8) is 0 Å². The quantitative estimate of drug-likeness (QED) is 0.856. The molecule has 1 unspecified atom stereocenters. The molecule has 0 spiro atoms. The van der Waals surface area contributed by atoms with Gasteiger partial charge in [-0.25, -0.2) is 4.39 Å². The van der Waals surface area contributed by atoms with Gasteiger partial charge < -0.3 is 5.32 Å². The highest BCUT2D eigenvalue weighted by Gasteiger charge is 2.14. The Balaban J connectivity index is 2.19. The van der Waals surface area contributed by atoms with Crippen LogP contribution in [0.2, 0.25) is 0 Å². The van der Waals surface area contributed by atoms with Crippen LogP contribution < -0.4 is 5.32 Å². The van der Waals surface area contributed by atoms with E-state index in [-0.39, 0.29) is 11.9 Å². The Morgan fingerprint density at radius 1 is 1.33 bits per heavy atom. The first-order valence-corrected chi connectivity index (χ1v) is 7.15. The number of nitrogens with one attached hydrogen (secondary N) is 1. The fraction of sp³-hybridized carbons (Fsp3) is 0.333. The first kappa shape index (κ1) is 13.2. The monoisotopic (exact) mass is 263 g/mol. The molecule has 0 fully saturated rings. The Labute approximate surface area is 112 Å². The third kappa shape index (κ3) is 3.18. The topological polar surface area (TPSA) is 12.0 Å². The van der Waals surface area contributed by atoms with Crippen LogP contribution in [0.25, 0.3) is 0 Å². The number of hydrogen-bond donors (Lipinski definition) is 1. The van der Waals surface area contributed by atoms with E-state index in [1.165, 1.54) is 17.2 Å². The van der Waals surface area contributed by atoms with Gasteiger partial charge in [0.1, 0.15) is 5.82 Å². The van der Waals surface area contributed by atoms with Gasteiger partial charge in [-0.05, 0) is 59.5 Å². The summed E-state index contributed by atoms with van der Waals surface area (Å²) in [6.07, 6.45) is 0.823. The maximum Gasteiger partial charge on any atom is 0.123 e. The van der Waals surface area contributed by atoms with Crippen molar-refractivity contribution in [2.45, 2.75) is 26.3 Å². The number of likely N-dealkylation sites (N-methyl/N-ethyl adjacent to an activating group) is 1. The Kier molecular flexibility index (Phi) is 4.50. The third-order valence-corrected chi connectivity index (χ3v) is 3.93. The Hall–Kier alpha value is -1.19. The highest BCUT2D eigenvalue weighted by atomic mass is 32.1. The fourth-order valence-electron chi connectivity index (χ4n) is 2.17. The van der Waals surface area contributed by atoms with Crippen LogP contribution in [0.1, 0.15) is 29.7 Å². The molecule has 18 heavy (non-hydrogen) atoms. The Morgan fingerprint density at radius 2 is 2.17 bits per heavy atom. The van der Waals surface area contributed by atoms with E-state index in [4.69, 9.17) is 0 Å². The largest absolute Gasteiger partial charge is 0.310 e. The molecule has 0 aliphatic heterocycles. The lowest BCUT2D eigenvalue weighted by molar-refractivity contribution is 0.546. The second-order valence-electron chi connectivity index (χ2n) is 4.45. The van der Waals surface area contributed by atoms with Crippen molar-refractivity contribution < 1.29 is 4.39 Å². The highest BCUT2D eigenvalue weighted by molar-refractivity contribution is 7.08. The molecule has 1 heterocycles. The van der Waals surface area contributed by atoms with Crippen molar-refractivity contribution in [2.24, 2.45) is 0 Å². The predicted octanol–water partition coefficient (Wildman–Crippen LogP) is 4.09. The molecule has 0 saturated carbocycles. The zero-order valence-corrected chi connectivity index (χ0v) is 11.6. The van der Waals surface area contributed by atoms with Crippen molar-refractivity contribution in [1.29, 1.82) is 0 Å². The zero-order chi connectivity index (χ0) is 13.0. The molecule has 2 rings (SSSR count). The van der Waals surface area contributed by atoms with Gasteiger partial charge in [0.15, 0.2) is 0 Å². The van der Waals surface area contributed by atoms with E-state index >= 15 is 0 Å². The lowest BCUT2D eigenvalue weighted by atomic mass is 9.98. The number of benzene rings is 1. The number of rotatable bonds is 5. The van der Waals surface area contributed by atoms with Crippen molar-refractivity contribution >= 4 is 11.3 Å². The molecule has 3 heteroatoms. The van der Waals surface area contributed by atoms with Crippen molar-refractivity contribution in [2.75, 3.05) is 6.54 Å². The van der Waals surface area contributed by atoms with Crippen LogP contribution in [0.15, 0.2) is 35.0 Å². The minimum atomic E-state index is -0.162. The van der Waals surface area contributed by atoms with Crippen molar-refractivity contribution in [1.82, 2.24) is 5.32 Å². The summed E-state index contributed by atoms with van der Waals surface area (Å²) in [6.45, 7) is 5.14. The lowest BCUT2D eigenvalue weighted by Gasteiger charge is -2.18. The molecular formula is C15H18FNS. The molecular weight excluding hydrogens is 245 g/mol. The van der Waals surface area contributed by atoms with Gasteiger partial charge in [0.25, 0.3) is 0 Å². The lowest BCUT2D eigenvalue weighted by Crippen LogP contribution is -2.23. The summed E-state index contributed by atoms with van der Waals surface area (Å²) in [6, 6.07) is 7.12. The predicted molar refractivity (Wildman–Crippen MR) is 75.6 cm³/mol. The molecule has 1 aromatic heterocycles. The molecule has 96 valence electrons. The molecule has 0 radical (unpaired) electrons. The van der Waals surface area contributed by atoms with Crippen LogP contribution in [0.3, 0.4) is 0 Å². The fourth-order valence-corrected chi connectivity index (χ4v) is 3.07. The van der Waals surface area contributed by atoms with E-state index in [2.05, 4.69) is 29.9 Å². The average molecular weight is 263 g/mol. The van der Waals surface area contributed by atoms with Crippen molar-refractivity contribution in [3.05, 3.63) is 57.5 Å². The minimum Gasteiger partial charge on any atom is -0.310 e. The van der Waals surface area contributed by atoms with Gasteiger partial charge in [-0.1, -0.05) is 19.1 Å². The summed E-state index contributed by atoms with van der Waals surface area (Å²) < 4.78 is 13.2. The molecule has 0 amide bonds. The van der Waals surface area contributed by atoms with Crippen LogP contribution in [0.5, 0.6) is 0 Å². The Morgan fingerprint density at radius 3 is 2.78 bits per heavy atom. The van der Waals surface area contributed by atoms with Crippen molar-refractivity contribution in [3.8, 4) is 0 Å². The van der Waals surface area contributed by atoms with Crippen LogP contribution in [0.4, 0.5) is 4.39 Å². The molecule has 0 bridgehead atoms. The Bertz CT molecular complexity index is 507. The molecule has 0 saturated heterocycles. The number of halogens is 1. The van der Waals surface area contributed by atoms with Gasteiger partial charge in [0.05, 0.1) is 0 Å². The normalized spacial score (nSPS) is 12.6. The van der Waals surface area contributed by atoms with Gasteiger partial charge in [0.2, 0.25) is 0 Å². The molecule has 0 aliphatic rings. The average Bonchev–Trinajstić information content (AvgIpc) is 2.75. The summed E-state index contributed by atoms with van der Waals surface area (Å²) in [7, 11) is 0. The van der Waals surface area contributed by atoms with Crippen LogP contribution in [-0.4, -0.2) is 6.54 Å². The highest BCUT2D eigenvalue weighted by Crippen LogP contribution is 2.25. The van der Waals surface area contributed by atoms with E-state index in [0.717, 1.165) is 18.5 Å². The number of hydrogen-bond acceptors (Lipinski definition) is 2. The first-order valence-electron chi connectivity index (χ1n) is 6.21. The van der Waals surface area contributed by atoms with Crippen LogP contribution in [0, 0.1) is 12.7 Å². The summed E-state index contributed by atoms with van der Waals surface area (Å²) in [5.41, 5.74) is 3.67. The molecule has 2 aromatic rings. The van der Waals surface area contributed by atoms with E-state index < -0.39 is 0 Å². The maximum atomic E-state index is 13.2. The molecule has 1 atom stereocenters. The van der Waals surface area contributed by atoms with Crippen LogP contribution >= 0.6 is 11.3 Å². The maximum absolute atomic E-state index is 13.2. The van der Waals surface area contributed by atoms with E-state index in [1.807, 2.05) is 6.07 Å². The summed E-state index contributed by atoms with van der Waals surface area (Å²) >= 11 is 1.72. The minimum absolute atomic E-state index is 0.162. The summed E-state index contributed by atoms with van der Waals surface area (Å²) in [5, 5.41) is 7.82. The van der Waals surface area contributed by atoms with Gasteiger partial charge >= 0.3 is 0 Å². The number of aryl methyl sites for hydroxylation is 1. The molecule has 1 aromatic carbocycles.